The van der Waals surface area contributed by atoms with Crippen LogP contribution in [0.25, 0.3) is 0 Å². The second-order valence-electron chi connectivity index (χ2n) is 8.95. The Hall–Kier alpha value is -3.64. The van der Waals surface area contributed by atoms with Gasteiger partial charge in [0, 0.05) is 36.3 Å². The molecule has 6 heteroatoms. The van der Waals surface area contributed by atoms with Gasteiger partial charge in [0.15, 0.2) is 0 Å². The highest BCUT2D eigenvalue weighted by molar-refractivity contribution is 5.94. The van der Waals surface area contributed by atoms with Crippen molar-refractivity contribution in [2.75, 3.05) is 13.1 Å². The molecule has 1 aliphatic heterocycles. The SMILES string of the molecule is CC(C)(CNC(=O)c1ccc(Oc2ccc(C(N)=O)cc2)cc1)N1CCc2ccccc2C1. The first kappa shape index (κ1) is 22.6. The second kappa shape index (κ2) is 9.46. The number of nitrogens with one attached hydrogen (secondary N) is 1. The molecule has 0 aliphatic carbocycles. The van der Waals surface area contributed by atoms with Gasteiger partial charge in [-0.15, -0.1) is 0 Å². The monoisotopic (exact) mass is 443 g/mol. The molecule has 0 saturated carbocycles. The van der Waals surface area contributed by atoms with Gasteiger partial charge in [-0.05, 0) is 79.9 Å². The van der Waals surface area contributed by atoms with E-state index in [4.69, 9.17) is 10.5 Å². The molecule has 2 amide bonds. The fourth-order valence-corrected chi connectivity index (χ4v) is 4.02. The molecule has 0 unspecified atom stereocenters. The first-order valence-electron chi connectivity index (χ1n) is 11.1. The summed E-state index contributed by atoms with van der Waals surface area (Å²) in [7, 11) is 0. The van der Waals surface area contributed by atoms with Crippen LogP contribution in [-0.4, -0.2) is 35.3 Å². The van der Waals surface area contributed by atoms with E-state index in [1.807, 2.05) is 0 Å². The van der Waals surface area contributed by atoms with Gasteiger partial charge < -0.3 is 15.8 Å². The van der Waals surface area contributed by atoms with Gasteiger partial charge in [0.1, 0.15) is 11.5 Å². The smallest absolute Gasteiger partial charge is 0.251 e. The summed E-state index contributed by atoms with van der Waals surface area (Å²) in [5, 5.41) is 3.08. The van der Waals surface area contributed by atoms with Crippen LogP contribution in [0.15, 0.2) is 72.8 Å². The highest BCUT2D eigenvalue weighted by atomic mass is 16.5. The summed E-state index contributed by atoms with van der Waals surface area (Å²) < 4.78 is 5.78. The van der Waals surface area contributed by atoms with Gasteiger partial charge in [-0.2, -0.15) is 0 Å². The van der Waals surface area contributed by atoms with E-state index in [1.165, 1.54) is 11.1 Å². The molecule has 4 rings (SSSR count). The number of rotatable bonds is 7. The lowest BCUT2D eigenvalue weighted by molar-refractivity contribution is 0.0826. The molecule has 33 heavy (non-hydrogen) atoms. The number of nitrogens with two attached hydrogens (primary N) is 1. The standard InChI is InChI=1S/C27H29N3O3/c1-27(2,30-16-15-19-5-3-4-6-22(19)17-30)18-29-26(32)21-9-13-24(14-10-21)33-23-11-7-20(8-12-23)25(28)31/h3-14H,15-18H2,1-2H3,(H2,28,31)(H,29,32). The molecule has 3 N–H and O–H groups in total. The van der Waals surface area contributed by atoms with Crippen molar-refractivity contribution < 1.29 is 14.3 Å². The summed E-state index contributed by atoms with van der Waals surface area (Å²) in [5.41, 5.74) is 8.87. The van der Waals surface area contributed by atoms with Crippen molar-refractivity contribution in [3.63, 3.8) is 0 Å². The minimum Gasteiger partial charge on any atom is -0.457 e. The maximum absolute atomic E-state index is 12.7. The van der Waals surface area contributed by atoms with Crippen molar-refractivity contribution in [2.45, 2.75) is 32.4 Å². The van der Waals surface area contributed by atoms with Crippen molar-refractivity contribution in [3.8, 4) is 11.5 Å². The first-order valence-corrected chi connectivity index (χ1v) is 11.1. The number of carbonyl (C=O) groups excluding carboxylic acids is 2. The van der Waals surface area contributed by atoms with Gasteiger partial charge in [0.25, 0.3) is 5.91 Å². The maximum Gasteiger partial charge on any atom is 0.251 e. The van der Waals surface area contributed by atoms with E-state index in [1.54, 1.807) is 48.5 Å². The number of fused-ring (bicyclic) bond motifs is 1. The van der Waals surface area contributed by atoms with E-state index in [2.05, 4.69) is 48.3 Å². The molecule has 3 aromatic carbocycles. The average Bonchev–Trinajstić information content (AvgIpc) is 2.83. The summed E-state index contributed by atoms with van der Waals surface area (Å²) in [6, 6.07) is 22.1. The Balaban J connectivity index is 1.32. The predicted molar refractivity (Wildman–Crippen MR) is 128 cm³/mol. The molecule has 0 atom stereocenters. The number of hydrogen-bond donors (Lipinski definition) is 2. The number of ether oxygens (including phenoxy) is 1. The van der Waals surface area contributed by atoms with E-state index < -0.39 is 5.91 Å². The number of hydrogen-bond acceptors (Lipinski definition) is 4. The van der Waals surface area contributed by atoms with Gasteiger partial charge in [-0.25, -0.2) is 0 Å². The largest absolute Gasteiger partial charge is 0.457 e. The molecule has 0 spiro atoms. The minimum atomic E-state index is -0.481. The van der Waals surface area contributed by atoms with Gasteiger partial charge in [-0.1, -0.05) is 24.3 Å². The average molecular weight is 444 g/mol. The van der Waals surface area contributed by atoms with Crippen molar-refractivity contribution in [1.82, 2.24) is 10.2 Å². The van der Waals surface area contributed by atoms with Crippen LogP contribution in [0.2, 0.25) is 0 Å². The van der Waals surface area contributed by atoms with Crippen LogP contribution < -0.4 is 15.8 Å². The number of amides is 2. The zero-order valence-electron chi connectivity index (χ0n) is 19.0. The van der Waals surface area contributed by atoms with E-state index in [9.17, 15) is 9.59 Å². The van der Waals surface area contributed by atoms with E-state index in [-0.39, 0.29) is 11.4 Å². The number of primary amides is 1. The van der Waals surface area contributed by atoms with Crippen LogP contribution in [0, 0.1) is 0 Å². The lowest BCUT2D eigenvalue weighted by atomic mass is 9.94. The lowest BCUT2D eigenvalue weighted by Crippen LogP contribution is -2.53. The van der Waals surface area contributed by atoms with Crippen LogP contribution in [0.3, 0.4) is 0 Å². The second-order valence-corrected chi connectivity index (χ2v) is 8.95. The molecule has 0 radical (unpaired) electrons. The normalized spacial score (nSPS) is 13.8. The molecule has 6 nitrogen and oxygen atoms in total. The first-order chi connectivity index (χ1) is 15.8. The van der Waals surface area contributed by atoms with E-state index in [0.29, 0.717) is 29.2 Å². The van der Waals surface area contributed by atoms with Crippen molar-refractivity contribution >= 4 is 11.8 Å². The molecule has 1 heterocycles. The van der Waals surface area contributed by atoms with E-state index >= 15 is 0 Å². The third kappa shape index (κ3) is 5.41. The summed E-state index contributed by atoms with van der Waals surface area (Å²) in [6.45, 7) is 6.76. The predicted octanol–water partition coefficient (Wildman–Crippen LogP) is 4.14. The Morgan fingerprint density at radius 3 is 2.09 bits per heavy atom. The maximum atomic E-state index is 12.7. The van der Waals surface area contributed by atoms with Crippen LogP contribution >= 0.6 is 0 Å². The minimum absolute atomic E-state index is 0.113. The molecule has 0 saturated heterocycles. The third-order valence-electron chi connectivity index (χ3n) is 6.16. The molecule has 170 valence electrons. The van der Waals surface area contributed by atoms with Gasteiger partial charge in [0.05, 0.1) is 0 Å². The molecule has 3 aromatic rings. The molecule has 1 aliphatic rings. The summed E-state index contributed by atoms with van der Waals surface area (Å²) >= 11 is 0. The lowest BCUT2D eigenvalue weighted by Gasteiger charge is -2.41. The quantitative estimate of drug-likeness (QED) is 0.575. The van der Waals surface area contributed by atoms with Crippen molar-refractivity contribution in [1.29, 1.82) is 0 Å². The zero-order valence-corrected chi connectivity index (χ0v) is 19.0. The number of benzene rings is 3. The van der Waals surface area contributed by atoms with Gasteiger partial charge in [0.2, 0.25) is 5.91 Å². The fourth-order valence-electron chi connectivity index (χ4n) is 4.02. The Morgan fingerprint density at radius 2 is 1.48 bits per heavy atom. The number of nitrogens with zero attached hydrogens (tertiary/aromatic N) is 1. The Bertz CT molecular complexity index is 1140. The fraction of sp³-hybridized carbons (Fsp3) is 0.259. The Kier molecular flexibility index (Phi) is 6.47. The number of carbonyl (C=O) groups is 2. The highest BCUT2D eigenvalue weighted by Crippen LogP contribution is 2.25. The van der Waals surface area contributed by atoms with Crippen LogP contribution in [0.4, 0.5) is 0 Å². The van der Waals surface area contributed by atoms with Crippen LogP contribution in [0.5, 0.6) is 11.5 Å². The summed E-state index contributed by atoms with van der Waals surface area (Å²) in [6.07, 6.45) is 1.03. The van der Waals surface area contributed by atoms with Crippen LogP contribution in [-0.2, 0) is 13.0 Å². The Labute approximate surface area is 194 Å². The van der Waals surface area contributed by atoms with Crippen LogP contribution in [0.1, 0.15) is 45.7 Å². The van der Waals surface area contributed by atoms with Gasteiger partial charge in [-0.3, -0.25) is 14.5 Å². The molecule has 0 aromatic heterocycles. The Morgan fingerprint density at radius 1 is 0.909 bits per heavy atom. The molecule has 0 fully saturated rings. The summed E-state index contributed by atoms with van der Waals surface area (Å²) in [4.78, 5) is 26.3. The zero-order chi connectivity index (χ0) is 23.4. The summed E-state index contributed by atoms with van der Waals surface area (Å²) in [5.74, 6) is 0.593. The highest BCUT2D eigenvalue weighted by Gasteiger charge is 2.30. The van der Waals surface area contributed by atoms with Crippen molar-refractivity contribution in [2.24, 2.45) is 5.73 Å². The van der Waals surface area contributed by atoms with Gasteiger partial charge >= 0.3 is 0 Å². The van der Waals surface area contributed by atoms with Crippen molar-refractivity contribution in [3.05, 3.63) is 95.1 Å². The molecular formula is C27H29N3O3. The molecule has 0 bridgehead atoms. The topological polar surface area (TPSA) is 84.7 Å². The third-order valence-corrected chi connectivity index (χ3v) is 6.16. The molecular weight excluding hydrogens is 414 g/mol. The van der Waals surface area contributed by atoms with E-state index in [0.717, 1.165) is 19.5 Å².